The lowest BCUT2D eigenvalue weighted by Crippen LogP contribution is -2.44. The summed E-state index contributed by atoms with van der Waals surface area (Å²) in [4.78, 5) is 24.7. The van der Waals surface area contributed by atoms with Crippen LogP contribution in [0.4, 0.5) is 0 Å². The summed E-state index contributed by atoms with van der Waals surface area (Å²) in [7, 11) is 0. The third-order valence-electron chi connectivity index (χ3n) is 3.51. The minimum atomic E-state index is -1.05. The van der Waals surface area contributed by atoms with E-state index in [1.165, 1.54) is 4.80 Å². The summed E-state index contributed by atoms with van der Waals surface area (Å²) >= 11 is 0. The summed E-state index contributed by atoms with van der Waals surface area (Å²) in [5.41, 5.74) is 0.791. The van der Waals surface area contributed by atoms with Crippen LogP contribution in [-0.4, -0.2) is 43.2 Å². The molecule has 0 spiro atoms. The van der Waals surface area contributed by atoms with Crippen molar-refractivity contribution in [2.75, 3.05) is 0 Å². The summed E-state index contributed by atoms with van der Waals surface area (Å²) in [5.74, 6) is -0.955. The number of nitrogens with zero attached hydrogens (tertiary/aromatic N) is 4. The van der Waals surface area contributed by atoms with Crippen molar-refractivity contribution in [3.8, 4) is 11.4 Å². The molecule has 0 saturated carbocycles. The maximum Gasteiger partial charge on any atom is 0.326 e. The second-order valence-corrected chi connectivity index (χ2v) is 6.00. The predicted molar refractivity (Wildman–Crippen MR) is 87.0 cm³/mol. The molecular weight excluding hydrogens is 310 g/mol. The highest BCUT2D eigenvalue weighted by Gasteiger charge is 2.26. The van der Waals surface area contributed by atoms with Gasteiger partial charge in [0.2, 0.25) is 11.7 Å². The largest absolute Gasteiger partial charge is 0.480 e. The number of hydrogen-bond acceptors (Lipinski definition) is 5. The Hall–Kier alpha value is -2.77. The number of hydrogen-bond donors (Lipinski definition) is 2. The minimum Gasteiger partial charge on any atom is -0.480 e. The van der Waals surface area contributed by atoms with E-state index in [2.05, 4.69) is 20.7 Å². The van der Waals surface area contributed by atoms with Crippen LogP contribution in [-0.2, 0) is 9.59 Å². The van der Waals surface area contributed by atoms with Crippen molar-refractivity contribution < 1.29 is 14.7 Å². The topological polar surface area (TPSA) is 110 Å². The Morgan fingerprint density at radius 2 is 1.88 bits per heavy atom. The summed E-state index contributed by atoms with van der Waals surface area (Å²) in [5, 5.41) is 23.8. The highest BCUT2D eigenvalue weighted by molar-refractivity contribution is 5.85. The second kappa shape index (κ2) is 7.67. The maximum absolute atomic E-state index is 12.3. The van der Waals surface area contributed by atoms with E-state index >= 15 is 0 Å². The van der Waals surface area contributed by atoms with E-state index in [0.717, 1.165) is 5.56 Å². The van der Waals surface area contributed by atoms with E-state index in [-0.39, 0.29) is 5.92 Å². The van der Waals surface area contributed by atoms with Crippen molar-refractivity contribution in [3.05, 3.63) is 30.3 Å². The first-order chi connectivity index (χ1) is 11.4. The van der Waals surface area contributed by atoms with E-state index < -0.39 is 24.0 Å². The Morgan fingerprint density at radius 1 is 1.21 bits per heavy atom. The first-order valence-corrected chi connectivity index (χ1v) is 7.76. The van der Waals surface area contributed by atoms with Crippen molar-refractivity contribution in [1.29, 1.82) is 0 Å². The van der Waals surface area contributed by atoms with Crippen LogP contribution in [0.25, 0.3) is 11.4 Å². The summed E-state index contributed by atoms with van der Waals surface area (Å²) in [6.07, 6.45) is 0.355. The number of aromatic nitrogens is 4. The molecule has 1 aromatic carbocycles. The number of tetrazole rings is 1. The molecule has 2 atom stereocenters. The molecule has 0 saturated heterocycles. The summed E-state index contributed by atoms with van der Waals surface area (Å²) in [6.45, 7) is 5.40. The minimum absolute atomic E-state index is 0.149. The van der Waals surface area contributed by atoms with Gasteiger partial charge in [-0.15, -0.1) is 10.2 Å². The Morgan fingerprint density at radius 3 is 2.46 bits per heavy atom. The van der Waals surface area contributed by atoms with Crippen LogP contribution in [0.1, 0.15) is 33.2 Å². The molecule has 24 heavy (non-hydrogen) atoms. The highest BCUT2D eigenvalue weighted by Crippen LogP contribution is 2.14. The molecule has 8 heteroatoms. The zero-order valence-electron chi connectivity index (χ0n) is 13.9. The molecule has 128 valence electrons. The quantitative estimate of drug-likeness (QED) is 0.796. The SMILES string of the molecule is CC(C)CC(NC(=O)C(C)n1nnc(-c2ccccc2)n1)C(=O)O. The molecule has 2 rings (SSSR count). The van der Waals surface area contributed by atoms with Crippen molar-refractivity contribution in [2.45, 2.75) is 39.3 Å². The molecule has 1 heterocycles. The van der Waals surface area contributed by atoms with Crippen LogP contribution < -0.4 is 5.32 Å². The number of benzene rings is 1. The van der Waals surface area contributed by atoms with E-state index in [1.807, 2.05) is 44.2 Å². The van der Waals surface area contributed by atoms with Gasteiger partial charge in [0.25, 0.3) is 0 Å². The maximum atomic E-state index is 12.3. The number of carbonyl (C=O) groups excluding carboxylic acids is 1. The zero-order chi connectivity index (χ0) is 17.7. The monoisotopic (exact) mass is 331 g/mol. The molecule has 0 bridgehead atoms. The molecule has 2 unspecified atom stereocenters. The predicted octanol–water partition coefficient (Wildman–Crippen LogP) is 1.52. The lowest BCUT2D eigenvalue weighted by molar-refractivity contribution is -0.142. The first kappa shape index (κ1) is 17.6. The van der Waals surface area contributed by atoms with Gasteiger partial charge in [0.1, 0.15) is 12.1 Å². The summed E-state index contributed by atoms with van der Waals surface area (Å²) in [6, 6.07) is 7.58. The molecule has 8 nitrogen and oxygen atoms in total. The van der Waals surface area contributed by atoms with Crippen molar-refractivity contribution in [1.82, 2.24) is 25.5 Å². The second-order valence-electron chi connectivity index (χ2n) is 6.00. The molecule has 2 N–H and O–H groups in total. The number of nitrogens with one attached hydrogen (secondary N) is 1. The van der Waals surface area contributed by atoms with Gasteiger partial charge in [0, 0.05) is 5.56 Å². The van der Waals surface area contributed by atoms with Crippen molar-refractivity contribution >= 4 is 11.9 Å². The highest BCUT2D eigenvalue weighted by atomic mass is 16.4. The van der Waals surface area contributed by atoms with E-state index in [9.17, 15) is 14.7 Å². The van der Waals surface area contributed by atoms with E-state index in [1.54, 1.807) is 6.92 Å². The molecule has 0 fully saturated rings. The van der Waals surface area contributed by atoms with Crippen LogP contribution in [0, 0.1) is 5.92 Å². The smallest absolute Gasteiger partial charge is 0.326 e. The zero-order valence-corrected chi connectivity index (χ0v) is 13.9. The van der Waals surface area contributed by atoms with Gasteiger partial charge >= 0.3 is 5.97 Å². The number of carbonyl (C=O) groups is 2. The van der Waals surface area contributed by atoms with Crippen LogP contribution >= 0.6 is 0 Å². The van der Waals surface area contributed by atoms with Crippen molar-refractivity contribution in [3.63, 3.8) is 0 Å². The van der Waals surface area contributed by atoms with E-state index in [4.69, 9.17) is 0 Å². The normalized spacial score (nSPS) is 13.5. The average Bonchev–Trinajstić information content (AvgIpc) is 3.03. The van der Waals surface area contributed by atoms with Crippen LogP contribution in [0.15, 0.2) is 30.3 Å². The molecule has 0 radical (unpaired) electrons. The third-order valence-corrected chi connectivity index (χ3v) is 3.51. The van der Waals surface area contributed by atoms with Crippen LogP contribution in [0.3, 0.4) is 0 Å². The van der Waals surface area contributed by atoms with Crippen LogP contribution in [0.5, 0.6) is 0 Å². The first-order valence-electron chi connectivity index (χ1n) is 7.76. The fourth-order valence-electron chi connectivity index (χ4n) is 2.18. The van der Waals surface area contributed by atoms with Gasteiger partial charge in [0.05, 0.1) is 0 Å². The fraction of sp³-hybridized carbons (Fsp3) is 0.438. The lowest BCUT2D eigenvalue weighted by Gasteiger charge is -2.18. The fourth-order valence-corrected chi connectivity index (χ4v) is 2.18. The van der Waals surface area contributed by atoms with Gasteiger partial charge in [0.15, 0.2) is 0 Å². The number of rotatable bonds is 7. The molecule has 2 aromatic rings. The van der Waals surface area contributed by atoms with Gasteiger partial charge < -0.3 is 10.4 Å². The lowest BCUT2D eigenvalue weighted by atomic mass is 10.0. The number of amides is 1. The van der Waals surface area contributed by atoms with Gasteiger partial charge in [-0.1, -0.05) is 44.2 Å². The summed E-state index contributed by atoms with van der Waals surface area (Å²) < 4.78 is 0. The third kappa shape index (κ3) is 4.37. The number of aliphatic carboxylic acids is 1. The number of carboxylic acids is 1. The Kier molecular flexibility index (Phi) is 5.62. The van der Waals surface area contributed by atoms with Gasteiger partial charge in [-0.25, -0.2) is 4.79 Å². The average molecular weight is 331 g/mol. The molecule has 1 aromatic heterocycles. The van der Waals surface area contributed by atoms with E-state index in [0.29, 0.717) is 12.2 Å². The Labute approximate surface area is 139 Å². The van der Waals surface area contributed by atoms with Crippen LogP contribution in [0.2, 0.25) is 0 Å². The standard InChI is InChI=1S/C16H21N5O3/c1-10(2)9-13(16(23)24)17-15(22)11(3)21-19-14(18-20-21)12-7-5-4-6-8-12/h4-8,10-11,13H,9H2,1-3H3,(H,17,22)(H,23,24). The molecular formula is C16H21N5O3. The molecule has 0 aliphatic heterocycles. The Bertz CT molecular complexity index is 699. The molecule has 0 aliphatic carbocycles. The van der Waals surface area contributed by atoms with Crippen molar-refractivity contribution in [2.24, 2.45) is 5.92 Å². The molecule has 1 amide bonds. The molecule has 0 aliphatic rings. The van der Waals surface area contributed by atoms with Gasteiger partial charge in [-0.2, -0.15) is 4.80 Å². The van der Waals surface area contributed by atoms with Gasteiger partial charge in [-0.3, -0.25) is 4.79 Å². The number of carboxylic acid groups (broad SMARTS) is 1. The Balaban J connectivity index is 2.08. The van der Waals surface area contributed by atoms with Gasteiger partial charge in [-0.05, 0) is 24.5 Å².